The molecule has 10 heteroatoms. The first-order valence-corrected chi connectivity index (χ1v) is 12.0. The van der Waals surface area contributed by atoms with Crippen molar-refractivity contribution in [3.05, 3.63) is 30.0 Å². The highest BCUT2D eigenvalue weighted by atomic mass is 16.5. The monoisotopic (exact) mass is 482 g/mol. The van der Waals surface area contributed by atoms with Crippen LogP contribution in [-0.2, 0) is 4.79 Å². The van der Waals surface area contributed by atoms with Crippen molar-refractivity contribution in [2.45, 2.75) is 57.5 Å². The van der Waals surface area contributed by atoms with Gasteiger partial charge in [-0.2, -0.15) is 4.98 Å². The Hall–Kier alpha value is -3.40. The predicted molar refractivity (Wildman–Crippen MR) is 135 cm³/mol. The SMILES string of the molecule is COc1cc(C(=O)NC(C)(C)CCO)ccc1Nc1ncc2c(n1)N(C1CCCC1)CC(=O)N2C. The summed E-state index contributed by atoms with van der Waals surface area (Å²) in [7, 11) is 3.28. The fraction of sp³-hybridized carbons (Fsp3) is 0.520. The molecule has 4 rings (SSSR count). The van der Waals surface area contributed by atoms with Gasteiger partial charge < -0.3 is 30.3 Å². The Morgan fingerprint density at radius 2 is 2.03 bits per heavy atom. The molecule has 35 heavy (non-hydrogen) atoms. The quantitative estimate of drug-likeness (QED) is 0.525. The summed E-state index contributed by atoms with van der Waals surface area (Å²) < 4.78 is 5.53. The second-order valence-corrected chi connectivity index (χ2v) is 9.77. The molecule has 2 amide bonds. The second-order valence-electron chi connectivity index (χ2n) is 9.77. The number of ether oxygens (including phenoxy) is 1. The van der Waals surface area contributed by atoms with Crippen LogP contribution in [0.15, 0.2) is 24.4 Å². The molecule has 1 fully saturated rings. The summed E-state index contributed by atoms with van der Waals surface area (Å²) in [6.45, 7) is 4.02. The van der Waals surface area contributed by atoms with Crippen LogP contribution >= 0.6 is 0 Å². The van der Waals surface area contributed by atoms with Crippen LogP contribution in [0.4, 0.5) is 23.1 Å². The molecule has 3 N–H and O–H groups in total. The van der Waals surface area contributed by atoms with E-state index in [9.17, 15) is 14.7 Å². The van der Waals surface area contributed by atoms with Crippen LogP contribution in [0.2, 0.25) is 0 Å². The highest BCUT2D eigenvalue weighted by Crippen LogP contribution is 2.37. The lowest BCUT2D eigenvalue weighted by molar-refractivity contribution is -0.117. The number of carbonyl (C=O) groups excluding carboxylic acids is 2. The summed E-state index contributed by atoms with van der Waals surface area (Å²) in [6, 6.07) is 5.41. The summed E-state index contributed by atoms with van der Waals surface area (Å²) in [5.41, 5.74) is 1.22. The lowest BCUT2D eigenvalue weighted by Crippen LogP contribution is -2.48. The van der Waals surface area contributed by atoms with Crippen LogP contribution in [0, 0.1) is 0 Å². The van der Waals surface area contributed by atoms with Crippen molar-refractivity contribution in [3.63, 3.8) is 0 Å². The number of nitrogens with zero attached hydrogens (tertiary/aromatic N) is 4. The Labute approximate surface area is 205 Å². The lowest BCUT2D eigenvalue weighted by atomic mass is 10.0. The minimum absolute atomic E-state index is 0.0115. The zero-order valence-electron chi connectivity index (χ0n) is 20.8. The van der Waals surface area contributed by atoms with Crippen molar-refractivity contribution in [2.24, 2.45) is 0 Å². The number of aliphatic hydroxyl groups excluding tert-OH is 1. The van der Waals surface area contributed by atoms with Crippen LogP contribution in [0.5, 0.6) is 5.75 Å². The van der Waals surface area contributed by atoms with E-state index in [4.69, 9.17) is 9.72 Å². The topological polar surface area (TPSA) is 120 Å². The number of benzene rings is 1. The van der Waals surface area contributed by atoms with Gasteiger partial charge in [-0.3, -0.25) is 9.59 Å². The van der Waals surface area contributed by atoms with Crippen LogP contribution in [0.25, 0.3) is 0 Å². The van der Waals surface area contributed by atoms with Crippen molar-refractivity contribution in [1.82, 2.24) is 15.3 Å². The fourth-order valence-electron chi connectivity index (χ4n) is 4.63. The standard InChI is InChI=1S/C25H34N6O4/c1-25(2,11-12-32)29-23(34)16-9-10-18(20(13-16)35-4)27-24-26-14-19-22(28-24)31(15-21(33)30(19)3)17-7-5-6-8-17/h9-10,13-14,17,32H,5-8,11-12,15H2,1-4H3,(H,29,34)(H,26,27,28). The molecular formula is C25H34N6O4. The summed E-state index contributed by atoms with van der Waals surface area (Å²) in [6.07, 6.45) is 6.53. The molecule has 2 heterocycles. The van der Waals surface area contributed by atoms with Crippen molar-refractivity contribution in [3.8, 4) is 5.75 Å². The molecular weight excluding hydrogens is 448 g/mol. The van der Waals surface area contributed by atoms with Crippen molar-refractivity contribution >= 4 is 35.0 Å². The first-order valence-electron chi connectivity index (χ1n) is 12.0. The van der Waals surface area contributed by atoms with E-state index in [1.807, 2.05) is 13.8 Å². The van der Waals surface area contributed by atoms with Gasteiger partial charge in [0, 0.05) is 30.8 Å². The molecule has 1 aromatic carbocycles. The van der Waals surface area contributed by atoms with Gasteiger partial charge in [0.25, 0.3) is 5.91 Å². The molecule has 1 aliphatic carbocycles. The average molecular weight is 483 g/mol. The number of aliphatic hydroxyl groups is 1. The third kappa shape index (κ3) is 5.32. The normalized spacial score (nSPS) is 16.3. The molecule has 2 aromatic rings. The number of rotatable bonds is 8. The Balaban J connectivity index is 1.58. The Bertz CT molecular complexity index is 1100. The molecule has 2 aliphatic rings. The molecule has 0 atom stereocenters. The summed E-state index contributed by atoms with van der Waals surface area (Å²) in [5.74, 6) is 1.38. The molecule has 0 bridgehead atoms. The number of aromatic nitrogens is 2. The molecule has 0 spiro atoms. The highest BCUT2D eigenvalue weighted by Gasteiger charge is 2.34. The Morgan fingerprint density at radius 3 is 2.71 bits per heavy atom. The van der Waals surface area contributed by atoms with Gasteiger partial charge in [0.2, 0.25) is 11.9 Å². The summed E-state index contributed by atoms with van der Waals surface area (Å²) >= 11 is 0. The minimum Gasteiger partial charge on any atom is -0.495 e. The smallest absolute Gasteiger partial charge is 0.251 e. The number of hydrogen-bond donors (Lipinski definition) is 3. The molecule has 1 saturated carbocycles. The summed E-state index contributed by atoms with van der Waals surface area (Å²) in [5, 5.41) is 15.3. The van der Waals surface area contributed by atoms with Crippen LogP contribution in [0.1, 0.15) is 56.3 Å². The van der Waals surface area contributed by atoms with Crippen LogP contribution in [-0.4, -0.2) is 65.8 Å². The van der Waals surface area contributed by atoms with Gasteiger partial charge in [0.05, 0.1) is 25.5 Å². The number of nitrogens with one attached hydrogen (secondary N) is 2. The molecule has 0 saturated heterocycles. The Kier molecular flexibility index (Phi) is 7.11. The van der Waals surface area contributed by atoms with E-state index in [2.05, 4.69) is 20.5 Å². The average Bonchev–Trinajstić information content (AvgIpc) is 3.36. The van der Waals surface area contributed by atoms with Gasteiger partial charge in [-0.1, -0.05) is 12.8 Å². The van der Waals surface area contributed by atoms with Gasteiger partial charge >= 0.3 is 0 Å². The van der Waals surface area contributed by atoms with Gasteiger partial charge in [-0.15, -0.1) is 0 Å². The molecule has 1 aromatic heterocycles. The predicted octanol–water partition coefficient (Wildman–Crippen LogP) is 2.85. The molecule has 10 nitrogen and oxygen atoms in total. The van der Waals surface area contributed by atoms with Gasteiger partial charge in [-0.05, 0) is 51.3 Å². The number of amides is 2. The van der Waals surface area contributed by atoms with Crippen molar-refractivity contribution < 1.29 is 19.4 Å². The number of likely N-dealkylation sites (N-methyl/N-ethyl adjacent to an activating group) is 1. The van der Waals surface area contributed by atoms with E-state index >= 15 is 0 Å². The minimum atomic E-state index is -0.535. The largest absolute Gasteiger partial charge is 0.495 e. The number of fused-ring (bicyclic) bond motifs is 1. The maximum absolute atomic E-state index is 12.7. The molecule has 1 aliphatic heterocycles. The maximum atomic E-state index is 12.7. The van der Waals surface area contributed by atoms with Gasteiger partial charge in [-0.25, -0.2) is 4.98 Å². The molecule has 0 radical (unpaired) electrons. The Morgan fingerprint density at radius 1 is 1.29 bits per heavy atom. The van der Waals surface area contributed by atoms with Gasteiger partial charge in [0.15, 0.2) is 5.82 Å². The zero-order chi connectivity index (χ0) is 25.2. The van der Waals surface area contributed by atoms with Crippen molar-refractivity contribution in [2.75, 3.05) is 42.4 Å². The first kappa shape index (κ1) is 24.7. The van der Waals surface area contributed by atoms with E-state index in [0.29, 0.717) is 47.6 Å². The van der Waals surface area contributed by atoms with Crippen molar-refractivity contribution in [1.29, 1.82) is 0 Å². The highest BCUT2D eigenvalue weighted by molar-refractivity contribution is 6.02. The third-order valence-corrected chi connectivity index (χ3v) is 6.73. The maximum Gasteiger partial charge on any atom is 0.251 e. The fourth-order valence-corrected chi connectivity index (χ4v) is 4.63. The molecule has 188 valence electrons. The zero-order valence-corrected chi connectivity index (χ0v) is 20.8. The summed E-state index contributed by atoms with van der Waals surface area (Å²) in [4.78, 5) is 38.2. The number of methoxy groups -OCH3 is 1. The number of hydrogen-bond acceptors (Lipinski definition) is 8. The van der Waals surface area contributed by atoms with E-state index in [0.717, 1.165) is 31.5 Å². The van der Waals surface area contributed by atoms with E-state index in [-0.39, 0.29) is 18.4 Å². The first-order chi connectivity index (χ1) is 16.7. The number of anilines is 4. The van der Waals surface area contributed by atoms with Gasteiger partial charge in [0.1, 0.15) is 11.4 Å². The van der Waals surface area contributed by atoms with E-state index < -0.39 is 5.54 Å². The lowest BCUT2D eigenvalue weighted by Gasteiger charge is -2.37. The van der Waals surface area contributed by atoms with E-state index in [1.54, 1.807) is 36.3 Å². The third-order valence-electron chi connectivity index (χ3n) is 6.73. The number of carbonyl (C=O) groups is 2. The molecule has 0 unspecified atom stereocenters. The van der Waals surface area contributed by atoms with Crippen LogP contribution in [0.3, 0.4) is 0 Å². The van der Waals surface area contributed by atoms with Crippen LogP contribution < -0.4 is 25.2 Å². The second kappa shape index (κ2) is 10.1. The van der Waals surface area contributed by atoms with E-state index in [1.165, 1.54) is 7.11 Å².